The van der Waals surface area contributed by atoms with Gasteiger partial charge in [0.25, 0.3) is 5.91 Å². The second-order valence-corrected chi connectivity index (χ2v) is 8.21. The SMILES string of the molecule is Cc1nc(CC(C)C)c(NC(=O)c2nnn(C3CCNCC3)c2C)s1.Cl. The molecule has 1 aliphatic heterocycles. The van der Waals surface area contributed by atoms with E-state index in [-0.39, 0.29) is 18.3 Å². The minimum absolute atomic E-state index is 0. The fourth-order valence-corrected chi connectivity index (χ4v) is 4.05. The first-order chi connectivity index (χ1) is 12.0. The van der Waals surface area contributed by atoms with Crippen molar-refractivity contribution in [2.24, 2.45) is 5.92 Å². The van der Waals surface area contributed by atoms with Crippen LogP contribution in [0, 0.1) is 19.8 Å². The van der Waals surface area contributed by atoms with Crippen LogP contribution < -0.4 is 10.6 Å². The number of aromatic nitrogens is 4. The number of nitrogens with one attached hydrogen (secondary N) is 2. The van der Waals surface area contributed by atoms with E-state index in [1.165, 1.54) is 11.3 Å². The Morgan fingerprint density at radius 2 is 2.04 bits per heavy atom. The zero-order valence-corrected chi connectivity index (χ0v) is 17.3. The number of anilines is 1. The lowest BCUT2D eigenvalue weighted by atomic mass is 10.1. The Morgan fingerprint density at radius 1 is 1.35 bits per heavy atom. The van der Waals surface area contributed by atoms with E-state index < -0.39 is 0 Å². The van der Waals surface area contributed by atoms with Crippen molar-refractivity contribution in [2.45, 2.75) is 53.0 Å². The zero-order valence-electron chi connectivity index (χ0n) is 15.7. The number of carbonyl (C=O) groups excluding carboxylic acids is 1. The summed E-state index contributed by atoms with van der Waals surface area (Å²) < 4.78 is 1.91. The molecule has 0 aromatic carbocycles. The van der Waals surface area contributed by atoms with Gasteiger partial charge in [-0.05, 0) is 52.1 Å². The first-order valence-corrected chi connectivity index (χ1v) is 9.67. The molecule has 1 saturated heterocycles. The van der Waals surface area contributed by atoms with E-state index in [9.17, 15) is 4.79 Å². The Hall–Kier alpha value is -1.51. The molecule has 1 amide bonds. The van der Waals surface area contributed by atoms with Gasteiger partial charge in [0.05, 0.1) is 22.4 Å². The molecule has 2 aromatic heterocycles. The fourth-order valence-electron chi connectivity index (χ4n) is 3.20. The van der Waals surface area contributed by atoms with Crippen molar-refractivity contribution >= 4 is 34.7 Å². The lowest BCUT2D eigenvalue weighted by Gasteiger charge is -2.23. The van der Waals surface area contributed by atoms with Gasteiger partial charge in [-0.2, -0.15) is 0 Å². The molecule has 0 spiro atoms. The summed E-state index contributed by atoms with van der Waals surface area (Å²) in [6.45, 7) is 10.1. The van der Waals surface area contributed by atoms with Crippen LogP contribution in [0.25, 0.3) is 0 Å². The maximum Gasteiger partial charge on any atom is 0.278 e. The van der Waals surface area contributed by atoms with E-state index in [1.54, 1.807) is 0 Å². The zero-order chi connectivity index (χ0) is 18.0. The average Bonchev–Trinajstić information content (AvgIpc) is 3.10. The summed E-state index contributed by atoms with van der Waals surface area (Å²) in [6, 6.07) is 0.317. The summed E-state index contributed by atoms with van der Waals surface area (Å²) in [6.07, 6.45) is 2.87. The Balaban J connectivity index is 0.00000243. The van der Waals surface area contributed by atoms with Gasteiger partial charge in [-0.1, -0.05) is 19.1 Å². The number of nitrogens with zero attached hydrogens (tertiary/aromatic N) is 4. The molecular weight excluding hydrogens is 372 g/mol. The number of amides is 1. The average molecular weight is 399 g/mol. The predicted octanol–water partition coefficient (Wildman–Crippen LogP) is 3.15. The van der Waals surface area contributed by atoms with Crippen molar-refractivity contribution in [3.05, 3.63) is 22.1 Å². The third-order valence-corrected chi connectivity index (χ3v) is 5.36. The highest BCUT2D eigenvalue weighted by Gasteiger charge is 2.24. The second kappa shape index (κ2) is 8.92. The number of carbonyl (C=O) groups is 1. The smallest absolute Gasteiger partial charge is 0.278 e. The normalized spacial score (nSPS) is 15.1. The van der Waals surface area contributed by atoms with Crippen molar-refractivity contribution in [3.63, 3.8) is 0 Å². The largest absolute Gasteiger partial charge is 0.317 e. The number of hydrogen-bond acceptors (Lipinski definition) is 6. The van der Waals surface area contributed by atoms with Gasteiger partial charge in [-0.25, -0.2) is 9.67 Å². The minimum Gasteiger partial charge on any atom is -0.317 e. The molecule has 1 aliphatic rings. The van der Waals surface area contributed by atoms with Gasteiger partial charge in [0.15, 0.2) is 5.69 Å². The molecule has 3 heterocycles. The van der Waals surface area contributed by atoms with Gasteiger partial charge in [-0.15, -0.1) is 28.8 Å². The van der Waals surface area contributed by atoms with E-state index >= 15 is 0 Å². The van der Waals surface area contributed by atoms with Crippen LogP contribution in [0.4, 0.5) is 5.00 Å². The van der Waals surface area contributed by atoms with Crippen LogP contribution in [-0.2, 0) is 6.42 Å². The van der Waals surface area contributed by atoms with Gasteiger partial charge in [0, 0.05) is 0 Å². The molecule has 0 saturated carbocycles. The summed E-state index contributed by atoms with van der Waals surface area (Å²) in [5.41, 5.74) is 2.19. The molecule has 1 fully saturated rings. The predicted molar refractivity (Wildman–Crippen MR) is 106 cm³/mol. The Kier molecular flexibility index (Phi) is 7.14. The van der Waals surface area contributed by atoms with Gasteiger partial charge in [0.2, 0.25) is 0 Å². The van der Waals surface area contributed by atoms with Crippen LogP contribution in [0.2, 0.25) is 0 Å². The highest BCUT2D eigenvalue weighted by atomic mass is 35.5. The van der Waals surface area contributed by atoms with Crippen LogP contribution in [0.15, 0.2) is 0 Å². The molecule has 0 bridgehead atoms. The molecule has 0 atom stereocenters. The minimum atomic E-state index is -0.202. The number of halogens is 1. The number of thiazole rings is 1. The Labute approximate surface area is 164 Å². The summed E-state index contributed by atoms with van der Waals surface area (Å²) in [5.74, 6) is 0.283. The molecule has 26 heavy (non-hydrogen) atoms. The summed E-state index contributed by atoms with van der Waals surface area (Å²) >= 11 is 1.51. The quantitative estimate of drug-likeness (QED) is 0.808. The summed E-state index contributed by atoms with van der Waals surface area (Å²) in [4.78, 5) is 17.3. The molecule has 3 rings (SSSR count). The van der Waals surface area contributed by atoms with Gasteiger partial charge in [-0.3, -0.25) is 4.79 Å². The van der Waals surface area contributed by atoms with Crippen LogP contribution in [0.3, 0.4) is 0 Å². The van der Waals surface area contributed by atoms with E-state index in [0.717, 1.165) is 53.7 Å². The third kappa shape index (κ3) is 4.61. The first kappa shape index (κ1) is 20.8. The van der Waals surface area contributed by atoms with Crippen LogP contribution in [-0.4, -0.2) is 39.0 Å². The van der Waals surface area contributed by atoms with Gasteiger partial charge < -0.3 is 10.6 Å². The van der Waals surface area contributed by atoms with Crippen LogP contribution in [0.5, 0.6) is 0 Å². The van der Waals surface area contributed by atoms with E-state index in [2.05, 4.69) is 39.8 Å². The molecule has 0 unspecified atom stereocenters. The molecule has 0 aliphatic carbocycles. The van der Waals surface area contributed by atoms with E-state index in [1.807, 2.05) is 18.5 Å². The van der Waals surface area contributed by atoms with Gasteiger partial charge in [0.1, 0.15) is 5.00 Å². The topological polar surface area (TPSA) is 84.7 Å². The molecule has 9 heteroatoms. The highest BCUT2D eigenvalue weighted by Crippen LogP contribution is 2.27. The lowest BCUT2D eigenvalue weighted by molar-refractivity contribution is 0.102. The number of rotatable bonds is 5. The first-order valence-electron chi connectivity index (χ1n) is 8.86. The monoisotopic (exact) mass is 398 g/mol. The van der Waals surface area contributed by atoms with E-state index in [0.29, 0.717) is 17.7 Å². The highest BCUT2D eigenvalue weighted by molar-refractivity contribution is 7.16. The maximum absolute atomic E-state index is 12.7. The molecule has 0 radical (unpaired) electrons. The Morgan fingerprint density at radius 3 is 2.69 bits per heavy atom. The molecule has 2 N–H and O–H groups in total. The molecular formula is C17H27ClN6OS. The number of piperidine rings is 1. The number of hydrogen-bond donors (Lipinski definition) is 2. The molecule has 2 aromatic rings. The van der Waals surface area contributed by atoms with Crippen molar-refractivity contribution in [1.82, 2.24) is 25.3 Å². The standard InChI is InChI=1S/C17H26N6OS.ClH/c1-10(2)9-14-17(25-12(4)19-14)20-16(24)15-11(3)23(22-21-15)13-5-7-18-8-6-13;/h10,13,18H,5-9H2,1-4H3,(H,20,24);1H. The van der Waals surface area contributed by atoms with Crippen molar-refractivity contribution < 1.29 is 4.79 Å². The van der Waals surface area contributed by atoms with Crippen molar-refractivity contribution in [2.75, 3.05) is 18.4 Å². The van der Waals surface area contributed by atoms with Gasteiger partial charge >= 0.3 is 0 Å². The van der Waals surface area contributed by atoms with Crippen LogP contribution in [0.1, 0.15) is 59.6 Å². The molecule has 144 valence electrons. The lowest BCUT2D eigenvalue weighted by Crippen LogP contribution is -2.30. The fraction of sp³-hybridized carbons (Fsp3) is 0.647. The van der Waals surface area contributed by atoms with Crippen molar-refractivity contribution in [3.8, 4) is 0 Å². The Bertz CT molecular complexity index is 751. The summed E-state index contributed by atoms with van der Waals surface area (Å²) in [5, 5.41) is 16.5. The second-order valence-electron chi connectivity index (χ2n) is 7.01. The maximum atomic E-state index is 12.7. The third-order valence-electron chi connectivity index (χ3n) is 4.43. The molecule has 7 nitrogen and oxygen atoms in total. The van der Waals surface area contributed by atoms with Crippen molar-refractivity contribution in [1.29, 1.82) is 0 Å². The number of aryl methyl sites for hydroxylation is 1. The van der Waals surface area contributed by atoms with E-state index in [4.69, 9.17) is 0 Å². The summed E-state index contributed by atoms with van der Waals surface area (Å²) in [7, 11) is 0. The van der Waals surface area contributed by atoms with Crippen LogP contribution >= 0.6 is 23.7 Å².